The molecule has 4 aromatic carbocycles. The molecule has 9 heteroatoms. The molecule has 4 aromatic rings. The number of benzene rings is 4. The minimum absolute atomic E-state index is 0.142. The summed E-state index contributed by atoms with van der Waals surface area (Å²) in [6, 6.07) is 23.5. The molecule has 0 saturated carbocycles. The van der Waals surface area contributed by atoms with Crippen molar-refractivity contribution < 1.29 is 19.2 Å². The van der Waals surface area contributed by atoms with Crippen LogP contribution in [-0.4, -0.2) is 23.7 Å². The summed E-state index contributed by atoms with van der Waals surface area (Å²) in [7, 11) is 0. The Bertz CT molecular complexity index is 1450. The normalized spacial score (nSPS) is 10.9. The minimum atomic E-state index is -0.555. The Hall–Kier alpha value is -3.99. The lowest BCUT2D eigenvalue weighted by Gasteiger charge is -2.15. The standard InChI is InChI=1S/C27H22IN3O5/c1-2-35-25-14-19(16-29-30-27(32)22-8-5-9-23(15-22)31(33)34)13-24(28)26(25)36-17-18-10-11-20-6-3-4-7-21(20)12-18/h3-16H,2,17H2,1H3,(H,30,32)/b29-16+. The van der Waals surface area contributed by atoms with Crippen LogP contribution in [0.25, 0.3) is 10.8 Å². The molecule has 0 atom stereocenters. The molecule has 0 spiro atoms. The van der Waals surface area contributed by atoms with Gasteiger partial charge in [0, 0.05) is 17.7 Å². The van der Waals surface area contributed by atoms with Crippen LogP contribution in [0.4, 0.5) is 5.69 Å². The van der Waals surface area contributed by atoms with Crippen molar-refractivity contribution in [2.75, 3.05) is 6.61 Å². The Balaban J connectivity index is 1.47. The predicted molar refractivity (Wildman–Crippen MR) is 147 cm³/mol. The van der Waals surface area contributed by atoms with Crippen molar-refractivity contribution in [3.8, 4) is 11.5 Å². The summed E-state index contributed by atoms with van der Waals surface area (Å²) < 4.78 is 12.8. The highest BCUT2D eigenvalue weighted by Gasteiger charge is 2.13. The maximum absolute atomic E-state index is 12.3. The highest BCUT2D eigenvalue weighted by molar-refractivity contribution is 14.1. The predicted octanol–water partition coefficient (Wildman–Crippen LogP) is 6.09. The monoisotopic (exact) mass is 595 g/mol. The maximum atomic E-state index is 12.3. The van der Waals surface area contributed by atoms with E-state index in [9.17, 15) is 14.9 Å². The van der Waals surface area contributed by atoms with E-state index in [1.807, 2.05) is 31.2 Å². The topological polar surface area (TPSA) is 103 Å². The third-order valence-corrected chi connectivity index (χ3v) is 6.03. The SMILES string of the molecule is CCOc1cc(/C=N/NC(=O)c2cccc([N+](=O)[O-])c2)cc(I)c1OCc1ccc2ccccc2c1. The van der Waals surface area contributed by atoms with Crippen LogP contribution < -0.4 is 14.9 Å². The van der Waals surface area contributed by atoms with Crippen molar-refractivity contribution in [2.24, 2.45) is 5.10 Å². The minimum Gasteiger partial charge on any atom is -0.490 e. The van der Waals surface area contributed by atoms with Crippen molar-refractivity contribution in [3.05, 3.63) is 109 Å². The van der Waals surface area contributed by atoms with Crippen LogP contribution in [0, 0.1) is 13.7 Å². The Labute approximate surface area is 221 Å². The number of nitrogens with zero attached hydrogens (tertiary/aromatic N) is 2. The smallest absolute Gasteiger partial charge is 0.271 e. The lowest BCUT2D eigenvalue weighted by Crippen LogP contribution is -2.17. The zero-order valence-corrected chi connectivity index (χ0v) is 21.5. The van der Waals surface area contributed by atoms with Gasteiger partial charge in [0.15, 0.2) is 11.5 Å². The molecule has 0 bridgehead atoms. The number of ether oxygens (including phenoxy) is 2. The molecule has 0 aliphatic heterocycles. The number of nitrogens with one attached hydrogen (secondary N) is 1. The number of amides is 1. The Kier molecular flexibility index (Phi) is 8.11. The summed E-state index contributed by atoms with van der Waals surface area (Å²) in [6.45, 7) is 2.72. The van der Waals surface area contributed by atoms with Crippen molar-refractivity contribution in [1.29, 1.82) is 0 Å². The number of halogens is 1. The quantitative estimate of drug-likeness (QED) is 0.109. The van der Waals surface area contributed by atoms with E-state index in [1.54, 1.807) is 6.07 Å². The molecule has 0 heterocycles. The van der Waals surface area contributed by atoms with Crippen molar-refractivity contribution in [1.82, 2.24) is 5.43 Å². The second-order valence-electron chi connectivity index (χ2n) is 7.74. The zero-order chi connectivity index (χ0) is 25.5. The van der Waals surface area contributed by atoms with Gasteiger partial charge in [-0.05, 0) is 75.7 Å². The van der Waals surface area contributed by atoms with Gasteiger partial charge in [0.2, 0.25) is 0 Å². The lowest BCUT2D eigenvalue weighted by molar-refractivity contribution is -0.384. The fraction of sp³-hybridized carbons (Fsp3) is 0.111. The van der Waals surface area contributed by atoms with E-state index in [1.165, 1.54) is 35.9 Å². The number of carbonyl (C=O) groups is 1. The molecule has 0 aromatic heterocycles. The van der Waals surface area contributed by atoms with E-state index >= 15 is 0 Å². The summed E-state index contributed by atoms with van der Waals surface area (Å²) in [5.41, 5.74) is 4.11. The van der Waals surface area contributed by atoms with Gasteiger partial charge >= 0.3 is 0 Å². The molecule has 0 fully saturated rings. The number of hydrogen-bond acceptors (Lipinski definition) is 6. The zero-order valence-electron chi connectivity index (χ0n) is 19.3. The first-order valence-electron chi connectivity index (χ1n) is 11.1. The van der Waals surface area contributed by atoms with E-state index in [2.05, 4.69) is 57.4 Å². The molecule has 0 radical (unpaired) electrons. The van der Waals surface area contributed by atoms with E-state index in [4.69, 9.17) is 9.47 Å². The highest BCUT2D eigenvalue weighted by Crippen LogP contribution is 2.34. The highest BCUT2D eigenvalue weighted by atomic mass is 127. The van der Waals surface area contributed by atoms with Gasteiger partial charge in [0.05, 0.1) is 21.3 Å². The molecule has 0 aliphatic rings. The second kappa shape index (κ2) is 11.6. The largest absolute Gasteiger partial charge is 0.490 e. The summed E-state index contributed by atoms with van der Waals surface area (Å²) >= 11 is 2.17. The fourth-order valence-electron chi connectivity index (χ4n) is 3.54. The van der Waals surface area contributed by atoms with Crippen LogP contribution in [0.3, 0.4) is 0 Å². The number of hydrazone groups is 1. The summed E-state index contributed by atoms with van der Waals surface area (Å²) in [5, 5.41) is 17.2. The third-order valence-electron chi connectivity index (χ3n) is 5.23. The van der Waals surface area contributed by atoms with Crippen LogP contribution in [0.1, 0.15) is 28.4 Å². The average molecular weight is 595 g/mol. The van der Waals surface area contributed by atoms with E-state index in [0.29, 0.717) is 30.3 Å². The molecule has 4 rings (SSSR count). The van der Waals surface area contributed by atoms with Gasteiger partial charge < -0.3 is 9.47 Å². The Morgan fingerprint density at radius 2 is 1.83 bits per heavy atom. The van der Waals surface area contributed by atoms with Crippen LogP contribution in [-0.2, 0) is 6.61 Å². The summed E-state index contributed by atoms with van der Waals surface area (Å²) in [5.74, 6) is 0.644. The second-order valence-corrected chi connectivity index (χ2v) is 8.90. The van der Waals surface area contributed by atoms with Crippen molar-refractivity contribution in [3.63, 3.8) is 0 Å². The van der Waals surface area contributed by atoms with Crippen molar-refractivity contribution in [2.45, 2.75) is 13.5 Å². The molecule has 182 valence electrons. The summed E-state index contributed by atoms with van der Waals surface area (Å²) in [6.07, 6.45) is 1.48. The first-order valence-corrected chi connectivity index (χ1v) is 12.2. The summed E-state index contributed by atoms with van der Waals surface area (Å²) in [4.78, 5) is 22.7. The van der Waals surface area contributed by atoms with Crippen molar-refractivity contribution >= 4 is 51.2 Å². The van der Waals surface area contributed by atoms with Gasteiger partial charge in [0.25, 0.3) is 11.6 Å². The number of non-ortho nitro benzene ring substituents is 1. The van der Waals surface area contributed by atoms with E-state index < -0.39 is 10.8 Å². The molecule has 0 aliphatic carbocycles. The molecule has 8 nitrogen and oxygen atoms in total. The lowest BCUT2D eigenvalue weighted by atomic mass is 10.1. The van der Waals surface area contributed by atoms with E-state index in [0.717, 1.165) is 14.5 Å². The molecular formula is C27H22IN3O5. The Morgan fingerprint density at radius 3 is 2.61 bits per heavy atom. The van der Waals surface area contributed by atoms with Gasteiger partial charge in [0.1, 0.15) is 6.61 Å². The molecule has 0 saturated heterocycles. The number of nitro groups is 1. The number of carbonyl (C=O) groups excluding carboxylic acids is 1. The van der Waals surface area contributed by atoms with Crippen LogP contribution in [0.2, 0.25) is 0 Å². The molecule has 36 heavy (non-hydrogen) atoms. The van der Waals surface area contributed by atoms with Crippen LogP contribution in [0.5, 0.6) is 11.5 Å². The number of rotatable bonds is 9. The third kappa shape index (κ3) is 6.16. The molecule has 0 unspecified atom stereocenters. The van der Waals surface area contributed by atoms with Gasteiger partial charge in [-0.15, -0.1) is 0 Å². The first kappa shape index (κ1) is 25.1. The van der Waals surface area contributed by atoms with Gasteiger partial charge in [-0.1, -0.05) is 42.5 Å². The number of nitro benzene ring substituents is 1. The molecular weight excluding hydrogens is 573 g/mol. The van der Waals surface area contributed by atoms with Gasteiger partial charge in [-0.25, -0.2) is 5.43 Å². The Morgan fingerprint density at radius 1 is 1.03 bits per heavy atom. The van der Waals surface area contributed by atoms with Crippen LogP contribution >= 0.6 is 22.6 Å². The maximum Gasteiger partial charge on any atom is 0.271 e. The number of hydrogen-bond donors (Lipinski definition) is 1. The van der Waals surface area contributed by atoms with E-state index in [-0.39, 0.29) is 11.3 Å². The molecule has 1 amide bonds. The van der Waals surface area contributed by atoms with Crippen LogP contribution in [0.15, 0.2) is 84.0 Å². The van der Waals surface area contributed by atoms with Gasteiger partial charge in [-0.3, -0.25) is 14.9 Å². The fourth-order valence-corrected chi connectivity index (χ4v) is 4.32. The average Bonchev–Trinajstić information content (AvgIpc) is 2.88. The first-order chi connectivity index (χ1) is 17.4. The molecule has 1 N–H and O–H groups in total. The van der Waals surface area contributed by atoms with Gasteiger partial charge in [-0.2, -0.15) is 5.10 Å². The number of fused-ring (bicyclic) bond motifs is 1.